The standard InChI is InChI=1S/C21H21N5O4S/c1-3-4-19(27)30-26-16-12-14(20-22-24-25-23-20)7-10-17(16)31-18(21(26)28)11-13-5-8-15(29-2)9-6-13/h5-10,12,18H,3-4,11H2,1-2H3,(H,22,23,24,25). The van der Waals surface area contributed by atoms with E-state index in [0.717, 1.165) is 21.3 Å². The molecule has 0 radical (unpaired) electrons. The van der Waals surface area contributed by atoms with Gasteiger partial charge in [0, 0.05) is 16.9 Å². The van der Waals surface area contributed by atoms with Gasteiger partial charge in [-0.2, -0.15) is 5.21 Å². The van der Waals surface area contributed by atoms with Crippen LogP contribution in [0.3, 0.4) is 0 Å². The van der Waals surface area contributed by atoms with Crippen LogP contribution in [0, 0.1) is 0 Å². The smallest absolute Gasteiger partial charge is 0.333 e. The molecule has 0 spiro atoms. The third kappa shape index (κ3) is 4.53. The quantitative estimate of drug-likeness (QED) is 0.598. The first-order chi connectivity index (χ1) is 15.1. The van der Waals surface area contributed by atoms with E-state index >= 15 is 0 Å². The second-order valence-corrected chi connectivity index (χ2v) is 8.17. The molecule has 1 aliphatic rings. The van der Waals surface area contributed by atoms with Crippen molar-refractivity contribution in [3.05, 3.63) is 48.0 Å². The van der Waals surface area contributed by atoms with E-state index < -0.39 is 11.2 Å². The molecule has 3 aromatic rings. The topological polar surface area (TPSA) is 110 Å². The number of hydrogen-bond acceptors (Lipinski definition) is 8. The number of hydroxylamine groups is 1. The lowest BCUT2D eigenvalue weighted by molar-refractivity contribution is -0.150. The van der Waals surface area contributed by atoms with Crippen LogP contribution in [0.4, 0.5) is 5.69 Å². The first-order valence-electron chi connectivity index (χ1n) is 9.81. The van der Waals surface area contributed by atoms with Crippen molar-refractivity contribution in [3.8, 4) is 17.1 Å². The molecule has 31 heavy (non-hydrogen) atoms. The van der Waals surface area contributed by atoms with Gasteiger partial charge in [0.05, 0.1) is 18.0 Å². The molecule has 1 aliphatic heterocycles. The number of anilines is 1. The Bertz CT molecular complexity index is 1070. The highest BCUT2D eigenvalue weighted by atomic mass is 32.2. The summed E-state index contributed by atoms with van der Waals surface area (Å²) in [6.07, 6.45) is 1.34. The molecule has 0 saturated carbocycles. The predicted molar refractivity (Wildman–Crippen MR) is 114 cm³/mol. The van der Waals surface area contributed by atoms with Crippen LogP contribution >= 0.6 is 11.8 Å². The average molecular weight is 439 g/mol. The lowest BCUT2D eigenvalue weighted by Crippen LogP contribution is -2.43. The second-order valence-electron chi connectivity index (χ2n) is 6.92. The third-order valence-electron chi connectivity index (χ3n) is 4.75. The summed E-state index contributed by atoms with van der Waals surface area (Å²) >= 11 is 1.44. The normalized spacial score (nSPS) is 15.5. The van der Waals surface area contributed by atoms with Crippen molar-refractivity contribution < 1.29 is 19.2 Å². The lowest BCUT2D eigenvalue weighted by atomic mass is 10.1. The minimum Gasteiger partial charge on any atom is -0.497 e. The number of benzene rings is 2. The number of aromatic amines is 1. The van der Waals surface area contributed by atoms with Gasteiger partial charge in [-0.05, 0) is 54.0 Å². The number of carbonyl (C=O) groups excluding carboxylic acids is 2. The van der Waals surface area contributed by atoms with E-state index in [2.05, 4.69) is 20.6 Å². The van der Waals surface area contributed by atoms with Crippen LogP contribution in [0.25, 0.3) is 11.4 Å². The van der Waals surface area contributed by atoms with Crippen LogP contribution in [0.1, 0.15) is 25.3 Å². The van der Waals surface area contributed by atoms with Gasteiger partial charge < -0.3 is 9.57 Å². The number of fused-ring (bicyclic) bond motifs is 1. The maximum atomic E-state index is 13.3. The highest BCUT2D eigenvalue weighted by Crippen LogP contribution is 2.42. The number of aromatic nitrogens is 4. The van der Waals surface area contributed by atoms with Crippen LogP contribution in [0.5, 0.6) is 5.75 Å². The molecule has 1 atom stereocenters. The summed E-state index contributed by atoms with van der Waals surface area (Å²) in [7, 11) is 1.61. The van der Waals surface area contributed by atoms with Crippen LogP contribution in [0.15, 0.2) is 47.4 Å². The van der Waals surface area contributed by atoms with Crippen molar-refractivity contribution >= 4 is 29.3 Å². The number of rotatable bonds is 7. The Morgan fingerprint density at radius 1 is 1.23 bits per heavy atom. The Balaban J connectivity index is 1.65. The molecule has 1 amide bonds. The average Bonchev–Trinajstić information content (AvgIpc) is 3.32. The van der Waals surface area contributed by atoms with Gasteiger partial charge in [-0.1, -0.05) is 19.1 Å². The molecule has 2 aromatic carbocycles. The van der Waals surface area contributed by atoms with E-state index in [1.165, 1.54) is 11.8 Å². The number of amides is 1. The van der Waals surface area contributed by atoms with E-state index in [1.54, 1.807) is 13.2 Å². The van der Waals surface area contributed by atoms with Gasteiger partial charge in [0.15, 0.2) is 0 Å². The fraction of sp³-hybridized carbons (Fsp3) is 0.286. The molecule has 0 bridgehead atoms. The number of methoxy groups -OCH3 is 1. The molecule has 0 saturated heterocycles. The Labute approximate surface area is 183 Å². The minimum absolute atomic E-state index is 0.222. The van der Waals surface area contributed by atoms with E-state index in [9.17, 15) is 9.59 Å². The number of thioether (sulfide) groups is 1. The van der Waals surface area contributed by atoms with Crippen LogP contribution in [-0.4, -0.2) is 44.9 Å². The Morgan fingerprint density at radius 2 is 2.03 bits per heavy atom. The number of tetrazole rings is 1. The van der Waals surface area contributed by atoms with Crippen molar-refractivity contribution in [1.82, 2.24) is 20.6 Å². The summed E-state index contributed by atoms with van der Waals surface area (Å²) in [5, 5.41) is 14.6. The molecule has 1 aromatic heterocycles. The molecule has 2 heterocycles. The van der Waals surface area contributed by atoms with Crippen molar-refractivity contribution in [2.75, 3.05) is 12.2 Å². The molecule has 0 aliphatic carbocycles. The summed E-state index contributed by atoms with van der Waals surface area (Å²) in [5.41, 5.74) is 2.14. The number of nitrogens with one attached hydrogen (secondary N) is 1. The third-order valence-corrected chi connectivity index (χ3v) is 6.01. The Morgan fingerprint density at radius 3 is 2.71 bits per heavy atom. The molecular weight excluding hydrogens is 418 g/mol. The fourth-order valence-corrected chi connectivity index (χ4v) is 4.39. The van der Waals surface area contributed by atoms with Gasteiger partial charge in [0.25, 0.3) is 5.91 Å². The van der Waals surface area contributed by atoms with Crippen LogP contribution in [-0.2, 0) is 20.8 Å². The Hall–Kier alpha value is -3.40. The molecule has 0 fully saturated rings. The summed E-state index contributed by atoms with van der Waals surface area (Å²) in [4.78, 5) is 31.9. The monoisotopic (exact) mass is 439 g/mol. The van der Waals surface area contributed by atoms with Gasteiger partial charge in [0.1, 0.15) is 5.75 Å². The van der Waals surface area contributed by atoms with Crippen molar-refractivity contribution in [2.45, 2.75) is 36.3 Å². The largest absolute Gasteiger partial charge is 0.497 e. The SMILES string of the molecule is CCCC(=O)ON1C(=O)C(Cc2ccc(OC)cc2)Sc2ccc(-c3nn[nH]n3)cc21. The fourth-order valence-electron chi connectivity index (χ4n) is 3.20. The summed E-state index contributed by atoms with van der Waals surface area (Å²) in [5.74, 6) is 0.395. The molecule has 9 nitrogen and oxygen atoms in total. The van der Waals surface area contributed by atoms with E-state index in [-0.39, 0.29) is 12.3 Å². The summed E-state index contributed by atoms with van der Waals surface area (Å²) in [6.45, 7) is 1.88. The van der Waals surface area contributed by atoms with E-state index in [0.29, 0.717) is 29.9 Å². The Kier molecular flexibility index (Phi) is 6.17. The first kappa shape index (κ1) is 20.9. The van der Waals surface area contributed by atoms with Gasteiger partial charge in [0.2, 0.25) is 5.82 Å². The van der Waals surface area contributed by atoms with Crippen LogP contribution < -0.4 is 9.80 Å². The number of hydrogen-bond donors (Lipinski definition) is 1. The number of H-pyrrole nitrogens is 1. The van der Waals surface area contributed by atoms with E-state index in [1.807, 2.05) is 43.3 Å². The maximum Gasteiger partial charge on any atom is 0.333 e. The summed E-state index contributed by atoms with van der Waals surface area (Å²) in [6, 6.07) is 13.0. The van der Waals surface area contributed by atoms with Crippen molar-refractivity contribution in [2.24, 2.45) is 0 Å². The number of ether oxygens (including phenoxy) is 1. The van der Waals surface area contributed by atoms with Gasteiger partial charge in [-0.15, -0.1) is 27.0 Å². The zero-order chi connectivity index (χ0) is 21.8. The van der Waals surface area contributed by atoms with Crippen molar-refractivity contribution in [1.29, 1.82) is 0 Å². The zero-order valence-electron chi connectivity index (χ0n) is 17.1. The van der Waals surface area contributed by atoms with Crippen molar-refractivity contribution in [3.63, 3.8) is 0 Å². The lowest BCUT2D eigenvalue weighted by Gasteiger charge is -2.32. The minimum atomic E-state index is -0.457. The van der Waals surface area contributed by atoms with Crippen LogP contribution in [0.2, 0.25) is 0 Å². The number of carbonyl (C=O) groups is 2. The summed E-state index contributed by atoms with van der Waals surface area (Å²) < 4.78 is 5.20. The maximum absolute atomic E-state index is 13.3. The second kappa shape index (κ2) is 9.17. The number of nitrogens with zero attached hydrogens (tertiary/aromatic N) is 4. The highest BCUT2D eigenvalue weighted by Gasteiger charge is 2.36. The molecule has 4 rings (SSSR count). The highest BCUT2D eigenvalue weighted by molar-refractivity contribution is 8.01. The molecular formula is C21H21N5O4S. The molecule has 10 heteroatoms. The van der Waals surface area contributed by atoms with E-state index in [4.69, 9.17) is 9.57 Å². The molecule has 1 N–H and O–H groups in total. The predicted octanol–water partition coefficient (Wildman–Crippen LogP) is 3.18. The van der Waals surface area contributed by atoms with Gasteiger partial charge >= 0.3 is 5.97 Å². The van der Waals surface area contributed by atoms with Gasteiger partial charge in [-0.3, -0.25) is 4.79 Å². The first-order valence-corrected chi connectivity index (χ1v) is 10.7. The van der Waals surface area contributed by atoms with Gasteiger partial charge in [-0.25, -0.2) is 4.79 Å². The molecule has 1 unspecified atom stereocenters. The zero-order valence-corrected chi connectivity index (χ0v) is 17.9. The molecule has 160 valence electrons.